The molecule has 2 N–H and O–H groups in total. The lowest BCUT2D eigenvalue weighted by molar-refractivity contribution is 0.0560. The second-order valence-corrected chi connectivity index (χ2v) is 7.92. The van der Waals surface area contributed by atoms with Gasteiger partial charge < -0.3 is 15.5 Å². The van der Waals surface area contributed by atoms with E-state index in [2.05, 4.69) is 30.6 Å². The van der Waals surface area contributed by atoms with Crippen molar-refractivity contribution in [2.45, 2.75) is 51.6 Å². The number of nitrogens with two attached hydrogens (primary N) is 1. The van der Waals surface area contributed by atoms with Gasteiger partial charge in [0.05, 0.1) is 4.88 Å². The first-order chi connectivity index (χ1) is 10.4. The molecule has 1 aromatic heterocycles. The highest BCUT2D eigenvalue weighted by Gasteiger charge is 2.29. The maximum Gasteiger partial charge on any atom is 0.264 e. The van der Waals surface area contributed by atoms with Crippen molar-refractivity contribution in [3.8, 4) is 0 Å². The molecule has 0 spiro atoms. The highest BCUT2D eigenvalue weighted by Crippen LogP contribution is 2.22. The molecule has 0 saturated carbocycles. The minimum Gasteiger partial charge on any atom is -0.335 e. The normalized spacial score (nSPS) is 16.9. The second kappa shape index (κ2) is 9.02. The SMILES string of the molecule is CCCN(C(=O)c1cccs1)C1CCN(CC(C)(C)N)CC1.Cl. The van der Waals surface area contributed by atoms with Gasteiger partial charge in [-0.15, -0.1) is 23.7 Å². The zero-order valence-electron chi connectivity index (χ0n) is 14.5. The first kappa shape index (κ1) is 20.4. The summed E-state index contributed by atoms with van der Waals surface area (Å²) in [4.78, 5) is 18.1. The summed E-state index contributed by atoms with van der Waals surface area (Å²) in [5.41, 5.74) is 5.97. The van der Waals surface area contributed by atoms with Gasteiger partial charge in [0.1, 0.15) is 0 Å². The summed E-state index contributed by atoms with van der Waals surface area (Å²) >= 11 is 1.54. The zero-order valence-corrected chi connectivity index (χ0v) is 16.1. The topological polar surface area (TPSA) is 49.6 Å². The van der Waals surface area contributed by atoms with Crippen LogP contribution in [0.4, 0.5) is 0 Å². The van der Waals surface area contributed by atoms with Crippen LogP contribution >= 0.6 is 23.7 Å². The highest BCUT2D eigenvalue weighted by atomic mass is 35.5. The van der Waals surface area contributed by atoms with E-state index in [9.17, 15) is 4.79 Å². The molecule has 0 aliphatic carbocycles. The highest BCUT2D eigenvalue weighted by molar-refractivity contribution is 7.12. The van der Waals surface area contributed by atoms with E-state index in [1.807, 2.05) is 17.5 Å². The van der Waals surface area contributed by atoms with E-state index < -0.39 is 0 Å². The lowest BCUT2D eigenvalue weighted by Gasteiger charge is -2.40. The fourth-order valence-corrected chi connectivity index (χ4v) is 3.88. The molecule has 132 valence electrons. The number of thiophene rings is 1. The fraction of sp³-hybridized carbons (Fsp3) is 0.706. The molecular weight excluding hydrogens is 330 g/mol. The van der Waals surface area contributed by atoms with E-state index in [1.165, 1.54) is 11.3 Å². The Kier molecular flexibility index (Phi) is 8.01. The number of hydrogen-bond donors (Lipinski definition) is 1. The van der Waals surface area contributed by atoms with Gasteiger partial charge in [-0.05, 0) is 44.6 Å². The average molecular weight is 360 g/mol. The van der Waals surface area contributed by atoms with Gasteiger partial charge >= 0.3 is 0 Å². The minimum atomic E-state index is -0.150. The largest absolute Gasteiger partial charge is 0.335 e. The molecule has 2 rings (SSSR count). The van der Waals surface area contributed by atoms with E-state index in [4.69, 9.17) is 5.73 Å². The van der Waals surface area contributed by atoms with Gasteiger partial charge in [0.2, 0.25) is 0 Å². The van der Waals surface area contributed by atoms with Crippen molar-refractivity contribution in [1.29, 1.82) is 0 Å². The molecule has 1 amide bonds. The van der Waals surface area contributed by atoms with E-state index in [0.29, 0.717) is 6.04 Å². The molecule has 1 fully saturated rings. The Bertz CT molecular complexity index is 465. The summed E-state index contributed by atoms with van der Waals surface area (Å²) < 4.78 is 0. The van der Waals surface area contributed by atoms with Crippen LogP contribution in [0.5, 0.6) is 0 Å². The molecule has 6 heteroatoms. The Morgan fingerprint density at radius 1 is 1.43 bits per heavy atom. The molecule has 1 aliphatic heterocycles. The predicted octanol–water partition coefficient (Wildman–Crippen LogP) is 3.22. The molecule has 1 aromatic rings. The third-order valence-corrected chi connectivity index (χ3v) is 4.94. The van der Waals surface area contributed by atoms with E-state index in [0.717, 1.165) is 50.3 Å². The lowest BCUT2D eigenvalue weighted by Crippen LogP contribution is -2.52. The van der Waals surface area contributed by atoms with E-state index in [-0.39, 0.29) is 23.9 Å². The summed E-state index contributed by atoms with van der Waals surface area (Å²) in [6.45, 7) is 10.1. The van der Waals surface area contributed by atoms with Crippen LogP contribution in [0.15, 0.2) is 17.5 Å². The number of piperidine rings is 1. The molecule has 0 unspecified atom stereocenters. The third-order valence-electron chi connectivity index (χ3n) is 4.09. The number of carbonyl (C=O) groups excluding carboxylic acids is 1. The first-order valence-electron chi connectivity index (χ1n) is 8.26. The average Bonchev–Trinajstić information content (AvgIpc) is 2.97. The Balaban J connectivity index is 0.00000264. The van der Waals surface area contributed by atoms with Gasteiger partial charge in [-0.25, -0.2) is 0 Å². The van der Waals surface area contributed by atoms with Crippen LogP contribution in [0.25, 0.3) is 0 Å². The molecule has 1 saturated heterocycles. The summed E-state index contributed by atoms with van der Waals surface area (Å²) in [6, 6.07) is 4.25. The molecule has 1 aliphatic rings. The summed E-state index contributed by atoms with van der Waals surface area (Å²) in [6.07, 6.45) is 3.10. The number of carbonyl (C=O) groups is 1. The van der Waals surface area contributed by atoms with Crippen molar-refractivity contribution in [2.75, 3.05) is 26.2 Å². The maximum absolute atomic E-state index is 12.7. The van der Waals surface area contributed by atoms with Crippen molar-refractivity contribution in [1.82, 2.24) is 9.80 Å². The van der Waals surface area contributed by atoms with Gasteiger partial charge in [0.15, 0.2) is 0 Å². The number of halogens is 1. The summed E-state index contributed by atoms with van der Waals surface area (Å²) in [5.74, 6) is 0.203. The zero-order chi connectivity index (χ0) is 16.2. The maximum atomic E-state index is 12.7. The molecule has 0 aromatic carbocycles. The van der Waals surface area contributed by atoms with Crippen molar-refractivity contribution in [3.05, 3.63) is 22.4 Å². The van der Waals surface area contributed by atoms with Crippen molar-refractivity contribution in [3.63, 3.8) is 0 Å². The monoisotopic (exact) mass is 359 g/mol. The van der Waals surface area contributed by atoms with E-state index >= 15 is 0 Å². The van der Waals surface area contributed by atoms with Crippen LogP contribution in [0.1, 0.15) is 49.7 Å². The fourth-order valence-electron chi connectivity index (χ4n) is 3.20. The second-order valence-electron chi connectivity index (χ2n) is 6.97. The van der Waals surface area contributed by atoms with E-state index in [1.54, 1.807) is 0 Å². The van der Waals surface area contributed by atoms with Crippen LogP contribution in [0, 0.1) is 0 Å². The van der Waals surface area contributed by atoms with Crippen molar-refractivity contribution >= 4 is 29.7 Å². The number of rotatable bonds is 6. The Hall–Kier alpha value is -0.620. The quantitative estimate of drug-likeness (QED) is 0.848. The Morgan fingerprint density at radius 3 is 2.57 bits per heavy atom. The van der Waals surface area contributed by atoms with Gasteiger partial charge in [0, 0.05) is 37.8 Å². The molecular formula is C17H30ClN3OS. The van der Waals surface area contributed by atoms with Crippen LogP contribution < -0.4 is 5.73 Å². The Labute approximate surface area is 150 Å². The molecule has 2 heterocycles. The third kappa shape index (κ3) is 6.07. The number of amides is 1. The van der Waals surface area contributed by atoms with Crippen molar-refractivity contribution < 1.29 is 4.79 Å². The number of hydrogen-bond acceptors (Lipinski definition) is 4. The van der Waals surface area contributed by atoms with Crippen LogP contribution in [-0.2, 0) is 0 Å². The van der Waals surface area contributed by atoms with Crippen LogP contribution in [-0.4, -0.2) is 53.5 Å². The summed E-state index contributed by atoms with van der Waals surface area (Å²) in [7, 11) is 0. The molecule has 0 bridgehead atoms. The number of nitrogens with zero attached hydrogens (tertiary/aromatic N) is 2. The van der Waals surface area contributed by atoms with Gasteiger partial charge in [-0.2, -0.15) is 0 Å². The summed E-state index contributed by atoms with van der Waals surface area (Å²) in [5, 5.41) is 1.98. The molecule has 23 heavy (non-hydrogen) atoms. The number of likely N-dealkylation sites (tertiary alicyclic amines) is 1. The standard InChI is InChI=1S/C17H29N3OS.ClH/c1-4-9-20(16(21)15-6-5-12-22-15)14-7-10-19(11-8-14)13-17(2,3)18;/h5-6,12,14H,4,7-11,13,18H2,1-3H3;1H. The predicted molar refractivity (Wildman–Crippen MR) is 101 cm³/mol. The smallest absolute Gasteiger partial charge is 0.264 e. The van der Waals surface area contributed by atoms with Crippen molar-refractivity contribution in [2.24, 2.45) is 5.73 Å². The first-order valence-corrected chi connectivity index (χ1v) is 9.14. The van der Waals surface area contributed by atoms with Crippen LogP contribution in [0.2, 0.25) is 0 Å². The van der Waals surface area contributed by atoms with Gasteiger partial charge in [0.25, 0.3) is 5.91 Å². The molecule has 0 atom stereocenters. The molecule has 4 nitrogen and oxygen atoms in total. The molecule has 0 radical (unpaired) electrons. The lowest BCUT2D eigenvalue weighted by atomic mass is 9.99. The Morgan fingerprint density at radius 2 is 2.09 bits per heavy atom. The van der Waals surface area contributed by atoms with Gasteiger partial charge in [-0.3, -0.25) is 4.79 Å². The van der Waals surface area contributed by atoms with Gasteiger partial charge in [-0.1, -0.05) is 13.0 Å². The van der Waals surface area contributed by atoms with Crippen LogP contribution in [0.3, 0.4) is 0 Å². The minimum absolute atomic E-state index is 0.